The van der Waals surface area contributed by atoms with Gasteiger partial charge in [0, 0.05) is 50.3 Å². The van der Waals surface area contributed by atoms with E-state index in [2.05, 4.69) is 16.7 Å². The highest BCUT2D eigenvalue weighted by Gasteiger charge is 2.27. The van der Waals surface area contributed by atoms with Gasteiger partial charge < -0.3 is 5.11 Å². The molecular weight excluding hydrogens is 434 g/mol. The van der Waals surface area contributed by atoms with Gasteiger partial charge in [-0.25, -0.2) is 13.5 Å². The third-order valence-electron chi connectivity index (χ3n) is 6.68. The van der Waals surface area contributed by atoms with Crippen molar-refractivity contribution in [1.29, 1.82) is 0 Å². The third kappa shape index (κ3) is 5.54. The summed E-state index contributed by atoms with van der Waals surface area (Å²) in [6, 6.07) is 13.3. The summed E-state index contributed by atoms with van der Waals surface area (Å²) in [7, 11) is 0. The van der Waals surface area contributed by atoms with Gasteiger partial charge in [-0.1, -0.05) is 39.0 Å². The Morgan fingerprint density at radius 1 is 1.09 bits per heavy atom. The van der Waals surface area contributed by atoms with Gasteiger partial charge in [0.2, 0.25) is 0 Å². The van der Waals surface area contributed by atoms with Crippen LogP contribution in [0.5, 0.6) is 0 Å². The van der Waals surface area contributed by atoms with Crippen molar-refractivity contribution < 1.29 is 13.9 Å². The Balaban J connectivity index is 1.64. The van der Waals surface area contributed by atoms with Gasteiger partial charge in [0.25, 0.3) is 0 Å². The minimum atomic E-state index is -0.410. The molecule has 5 nitrogen and oxygen atoms in total. The predicted octanol–water partition coefficient (Wildman–Crippen LogP) is 4.55. The van der Waals surface area contributed by atoms with E-state index in [1.807, 2.05) is 30.7 Å². The van der Waals surface area contributed by atoms with Crippen LogP contribution in [0, 0.1) is 17.6 Å². The molecule has 0 bridgehead atoms. The Bertz CT molecular complexity index is 1100. The average Bonchev–Trinajstić information content (AvgIpc) is 3.18. The lowest BCUT2D eigenvalue weighted by Crippen LogP contribution is -2.35. The minimum absolute atomic E-state index is 0.177. The Labute approximate surface area is 200 Å². The van der Waals surface area contributed by atoms with Gasteiger partial charge in [0.05, 0.1) is 23.2 Å². The zero-order valence-electron chi connectivity index (χ0n) is 20.2. The number of aliphatic hydroxyl groups is 1. The molecular formula is C27H34F2N4O. The monoisotopic (exact) mass is 468 g/mol. The van der Waals surface area contributed by atoms with Gasteiger partial charge in [-0.2, -0.15) is 5.10 Å². The molecule has 3 aromatic rings. The quantitative estimate of drug-likeness (QED) is 0.501. The summed E-state index contributed by atoms with van der Waals surface area (Å²) < 4.78 is 29.8. The van der Waals surface area contributed by atoms with Gasteiger partial charge in [-0.05, 0) is 42.8 Å². The summed E-state index contributed by atoms with van der Waals surface area (Å²) in [4.78, 5) is 4.46. The fraction of sp³-hybridized carbons (Fsp3) is 0.444. The molecule has 0 radical (unpaired) electrons. The lowest BCUT2D eigenvalue weighted by molar-refractivity contribution is 0.0747. The molecule has 0 amide bonds. The molecule has 4 rings (SSSR count). The van der Waals surface area contributed by atoms with Crippen LogP contribution in [0.25, 0.3) is 5.69 Å². The Hall–Kier alpha value is -2.61. The van der Waals surface area contributed by atoms with E-state index in [-0.39, 0.29) is 17.6 Å². The normalized spacial score (nSPS) is 15.2. The van der Waals surface area contributed by atoms with Crippen LogP contribution in [0.3, 0.4) is 0 Å². The average molecular weight is 469 g/mol. The van der Waals surface area contributed by atoms with Crippen LogP contribution >= 0.6 is 0 Å². The molecule has 1 atom stereocenters. The molecule has 34 heavy (non-hydrogen) atoms. The highest BCUT2D eigenvalue weighted by molar-refractivity contribution is 5.39. The predicted molar refractivity (Wildman–Crippen MR) is 130 cm³/mol. The summed E-state index contributed by atoms with van der Waals surface area (Å²) in [6.07, 6.45) is 0.363. The van der Waals surface area contributed by atoms with Gasteiger partial charge in [0.1, 0.15) is 11.6 Å². The van der Waals surface area contributed by atoms with E-state index in [4.69, 9.17) is 5.10 Å². The summed E-state index contributed by atoms with van der Waals surface area (Å²) in [5.41, 5.74) is 4.73. The molecule has 0 aliphatic carbocycles. The van der Waals surface area contributed by atoms with Crippen LogP contribution < -0.4 is 0 Å². The lowest BCUT2D eigenvalue weighted by atomic mass is 10.0. The fourth-order valence-corrected chi connectivity index (χ4v) is 4.46. The van der Waals surface area contributed by atoms with E-state index < -0.39 is 6.10 Å². The highest BCUT2D eigenvalue weighted by atomic mass is 19.1. The minimum Gasteiger partial charge on any atom is -0.392 e. The summed E-state index contributed by atoms with van der Waals surface area (Å²) in [5, 5.41) is 15.4. The van der Waals surface area contributed by atoms with Crippen molar-refractivity contribution in [3.8, 4) is 5.69 Å². The number of fused-ring (bicyclic) bond motifs is 1. The maximum absolute atomic E-state index is 14.3. The highest BCUT2D eigenvalue weighted by Crippen LogP contribution is 2.28. The van der Waals surface area contributed by atoms with Crippen molar-refractivity contribution in [2.75, 3.05) is 19.6 Å². The summed E-state index contributed by atoms with van der Waals surface area (Å²) in [6.45, 7) is 10.1. The van der Waals surface area contributed by atoms with E-state index in [0.29, 0.717) is 31.7 Å². The topological polar surface area (TPSA) is 44.5 Å². The molecule has 1 N–H and O–H groups in total. The number of likely N-dealkylation sites (N-methyl/N-ethyl adjacent to an activating group) is 1. The fourth-order valence-electron chi connectivity index (χ4n) is 4.46. The van der Waals surface area contributed by atoms with E-state index in [0.717, 1.165) is 42.1 Å². The number of rotatable bonds is 9. The SMILES string of the molecule is CCN(Cc1nn(-c2ccc(F)cc2)c2c1CN(Cc1ccccc1F)CC2)CC(O)C(C)C. The van der Waals surface area contributed by atoms with Crippen LogP contribution in [0.15, 0.2) is 48.5 Å². The molecule has 0 fully saturated rings. The Kier molecular flexibility index (Phi) is 7.76. The number of nitrogens with zero attached hydrogens (tertiary/aromatic N) is 4. The van der Waals surface area contributed by atoms with Crippen molar-refractivity contribution in [3.05, 3.63) is 82.7 Å². The Morgan fingerprint density at radius 3 is 2.50 bits per heavy atom. The molecule has 182 valence electrons. The van der Waals surface area contributed by atoms with Crippen LogP contribution in [-0.2, 0) is 26.1 Å². The van der Waals surface area contributed by atoms with Crippen LogP contribution in [0.1, 0.15) is 43.3 Å². The van der Waals surface area contributed by atoms with Crippen molar-refractivity contribution in [2.45, 2.75) is 52.9 Å². The molecule has 0 saturated carbocycles. The first-order chi connectivity index (χ1) is 16.4. The smallest absolute Gasteiger partial charge is 0.127 e. The molecule has 1 aliphatic rings. The largest absolute Gasteiger partial charge is 0.392 e. The van der Waals surface area contributed by atoms with Gasteiger partial charge >= 0.3 is 0 Å². The van der Waals surface area contributed by atoms with E-state index in [9.17, 15) is 13.9 Å². The molecule has 0 spiro atoms. The first kappa shape index (κ1) is 24.5. The molecule has 2 aromatic carbocycles. The number of halogens is 2. The van der Waals surface area contributed by atoms with Gasteiger partial charge in [0.15, 0.2) is 0 Å². The van der Waals surface area contributed by atoms with Crippen molar-refractivity contribution in [3.63, 3.8) is 0 Å². The molecule has 2 heterocycles. The van der Waals surface area contributed by atoms with Crippen molar-refractivity contribution >= 4 is 0 Å². The number of aromatic nitrogens is 2. The summed E-state index contributed by atoms with van der Waals surface area (Å²) in [5.74, 6) is -0.285. The molecule has 1 aliphatic heterocycles. The first-order valence-electron chi connectivity index (χ1n) is 12.1. The second kappa shape index (κ2) is 10.8. The van der Waals surface area contributed by atoms with Crippen molar-refractivity contribution in [1.82, 2.24) is 19.6 Å². The first-order valence-corrected chi connectivity index (χ1v) is 12.1. The maximum Gasteiger partial charge on any atom is 0.127 e. The van der Waals surface area contributed by atoms with Gasteiger partial charge in [-0.3, -0.25) is 9.80 Å². The molecule has 0 saturated heterocycles. The van der Waals surface area contributed by atoms with E-state index >= 15 is 0 Å². The maximum atomic E-state index is 14.3. The molecule has 1 aromatic heterocycles. The van der Waals surface area contributed by atoms with Gasteiger partial charge in [-0.15, -0.1) is 0 Å². The molecule has 7 heteroatoms. The van der Waals surface area contributed by atoms with E-state index in [1.165, 1.54) is 18.2 Å². The van der Waals surface area contributed by atoms with Crippen LogP contribution in [-0.4, -0.2) is 50.4 Å². The van der Waals surface area contributed by atoms with Crippen LogP contribution in [0.4, 0.5) is 8.78 Å². The standard InChI is InChI=1S/C27H34F2N4O/c1-4-31(18-27(34)19(2)3)17-25-23-16-32(15-20-7-5-6-8-24(20)29)14-13-26(23)33(30-25)22-11-9-21(28)10-12-22/h5-12,19,27,34H,4,13-18H2,1-3H3. The summed E-state index contributed by atoms with van der Waals surface area (Å²) >= 11 is 0. The third-order valence-corrected chi connectivity index (χ3v) is 6.68. The number of hydrogen-bond acceptors (Lipinski definition) is 4. The lowest BCUT2D eigenvalue weighted by Gasteiger charge is -2.29. The number of aliphatic hydroxyl groups excluding tert-OH is 1. The van der Waals surface area contributed by atoms with Crippen LogP contribution in [0.2, 0.25) is 0 Å². The second-order valence-electron chi connectivity index (χ2n) is 9.45. The number of benzene rings is 2. The van der Waals surface area contributed by atoms with Crippen molar-refractivity contribution in [2.24, 2.45) is 5.92 Å². The van der Waals surface area contributed by atoms with E-state index in [1.54, 1.807) is 18.2 Å². The zero-order valence-corrected chi connectivity index (χ0v) is 20.2. The zero-order chi connectivity index (χ0) is 24.2. The second-order valence-corrected chi connectivity index (χ2v) is 9.45. The Morgan fingerprint density at radius 2 is 1.82 bits per heavy atom. The number of hydrogen-bond donors (Lipinski definition) is 1. The molecule has 1 unspecified atom stereocenters.